The lowest BCUT2D eigenvalue weighted by Crippen LogP contribution is -2.12. The van der Waals surface area contributed by atoms with Gasteiger partial charge in [0.25, 0.3) is 0 Å². The molecule has 3 rings (SSSR count). The van der Waals surface area contributed by atoms with Crippen molar-refractivity contribution in [2.24, 2.45) is 11.7 Å². The summed E-state index contributed by atoms with van der Waals surface area (Å²) in [5.74, 6) is 1.14. The van der Waals surface area contributed by atoms with Crippen LogP contribution in [0, 0.1) is 5.92 Å². The van der Waals surface area contributed by atoms with E-state index >= 15 is 0 Å². The van der Waals surface area contributed by atoms with E-state index in [2.05, 4.69) is 4.98 Å². The highest BCUT2D eigenvalue weighted by molar-refractivity contribution is 5.82. The van der Waals surface area contributed by atoms with Gasteiger partial charge < -0.3 is 15.2 Å². The number of hydrogen-bond acceptors (Lipinski definition) is 4. The molecular weight excluding hydrogens is 240 g/mol. The Balaban J connectivity index is 1.82. The minimum Gasteiger partial charge on any atom is -0.477 e. The summed E-state index contributed by atoms with van der Waals surface area (Å²) >= 11 is 0. The van der Waals surface area contributed by atoms with Crippen molar-refractivity contribution in [3.63, 3.8) is 0 Å². The Hall–Kier alpha value is -1.65. The lowest BCUT2D eigenvalue weighted by Gasteiger charge is -2.12. The zero-order chi connectivity index (χ0) is 13.1. The number of para-hydroxylation sites is 1. The maximum Gasteiger partial charge on any atom is 0.214 e. The molecule has 0 saturated carbocycles. The molecular formula is C15H18N2O2. The van der Waals surface area contributed by atoms with Gasteiger partial charge in [0.2, 0.25) is 5.88 Å². The molecule has 1 aliphatic rings. The summed E-state index contributed by atoms with van der Waals surface area (Å²) in [5.41, 5.74) is 7.81. The summed E-state index contributed by atoms with van der Waals surface area (Å²) in [6.45, 7) is 2.78. The van der Waals surface area contributed by atoms with Gasteiger partial charge in [0.1, 0.15) is 0 Å². The summed E-state index contributed by atoms with van der Waals surface area (Å²) < 4.78 is 11.1. The van der Waals surface area contributed by atoms with E-state index < -0.39 is 0 Å². The second kappa shape index (κ2) is 5.55. The van der Waals surface area contributed by atoms with Crippen LogP contribution in [0.1, 0.15) is 12.0 Å². The van der Waals surface area contributed by atoms with Gasteiger partial charge in [-0.15, -0.1) is 0 Å². The fourth-order valence-corrected chi connectivity index (χ4v) is 2.38. The minimum atomic E-state index is 0.481. The van der Waals surface area contributed by atoms with Crippen molar-refractivity contribution in [2.75, 3.05) is 19.8 Å². The molecule has 1 unspecified atom stereocenters. The van der Waals surface area contributed by atoms with Gasteiger partial charge in [-0.05, 0) is 18.1 Å². The fourth-order valence-electron chi connectivity index (χ4n) is 2.38. The Labute approximate surface area is 112 Å². The Morgan fingerprint density at radius 1 is 1.37 bits per heavy atom. The van der Waals surface area contributed by atoms with E-state index in [1.54, 1.807) is 0 Å². The number of pyridine rings is 1. The van der Waals surface area contributed by atoms with Crippen molar-refractivity contribution in [1.29, 1.82) is 0 Å². The smallest absolute Gasteiger partial charge is 0.214 e. The van der Waals surface area contributed by atoms with Gasteiger partial charge in [-0.2, -0.15) is 0 Å². The first-order valence-corrected chi connectivity index (χ1v) is 6.66. The number of nitrogens with zero attached hydrogens (tertiary/aromatic N) is 1. The molecule has 1 aromatic carbocycles. The molecule has 1 atom stereocenters. The molecule has 1 aromatic heterocycles. The van der Waals surface area contributed by atoms with Crippen molar-refractivity contribution in [2.45, 2.75) is 13.0 Å². The molecule has 1 saturated heterocycles. The average Bonchev–Trinajstić information content (AvgIpc) is 2.97. The highest BCUT2D eigenvalue weighted by Gasteiger charge is 2.16. The standard InChI is InChI=1S/C15H18N2O2/c16-8-12-7-15(19-10-11-5-6-18-9-11)17-14-4-2-1-3-13(12)14/h1-4,7,11H,5-6,8-10,16H2. The maximum absolute atomic E-state index is 5.80. The van der Waals surface area contributed by atoms with E-state index in [9.17, 15) is 0 Å². The molecule has 2 heterocycles. The van der Waals surface area contributed by atoms with Gasteiger partial charge in [-0.25, -0.2) is 4.98 Å². The van der Waals surface area contributed by atoms with Gasteiger partial charge in [-0.1, -0.05) is 18.2 Å². The highest BCUT2D eigenvalue weighted by atomic mass is 16.5. The van der Waals surface area contributed by atoms with E-state index in [1.807, 2.05) is 30.3 Å². The largest absolute Gasteiger partial charge is 0.477 e. The van der Waals surface area contributed by atoms with Gasteiger partial charge in [0.05, 0.1) is 18.7 Å². The predicted molar refractivity (Wildman–Crippen MR) is 74.1 cm³/mol. The normalized spacial score (nSPS) is 18.9. The van der Waals surface area contributed by atoms with Crippen LogP contribution in [-0.2, 0) is 11.3 Å². The average molecular weight is 258 g/mol. The number of nitrogens with two attached hydrogens (primary N) is 1. The topological polar surface area (TPSA) is 57.4 Å². The van der Waals surface area contributed by atoms with Crippen molar-refractivity contribution >= 4 is 10.9 Å². The van der Waals surface area contributed by atoms with Crippen molar-refractivity contribution < 1.29 is 9.47 Å². The Bertz CT molecular complexity index is 565. The van der Waals surface area contributed by atoms with Gasteiger partial charge in [-0.3, -0.25) is 0 Å². The molecule has 0 bridgehead atoms. The second-order valence-corrected chi connectivity index (χ2v) is 4.88. The molecule has 4 nitrogen and oxygen atoms in total. The number of benzene rings is 1. The first-order chi connectivity index (χ1) is 9.36. The molecule has 0 amide bonds. The zero-order valence-corrected chi connectivity index (χ0v) is 10.8. The number of fused-ring (bicyclic) bond motifs is 1. The van der Waals surface area contributed by atoms with Crippen LogP contribution in [0.4, 0.5) is 0 Å². The highest BCUT2D eigenvalue weighted by Crippen LogP contribution is 2.22. The molecule has 0 aliphatic carbocycles. The maximum atomic E-state index is 5.80. The Morgan fingerprint density at radius 3 is 3.05 bits per heavy atom. The van der Waals surface area contributed by atoms with Crippen LogP contribution in [0.3, 0.4) is 0 Å². The Kier molecular flexibility index (Phi) is 3.62. The van der Waals surface area contributed by atoms with E-state index in [4.69, 9.17) is 15.2 Å². The SMILES string of the molecule is NCc1cc(OCC2CCOC2)nc2ccccc12. The molecule has 2 aromatic rings. The molecule has 0 radical (unpaired) electrons. The first kappa shape index (κ1) is 12.4. The third-order valence-electron chi connectivity index (χ3n) is 3.49. The number of rotatable bonds is 4. The number of aromatic nitrogens is 1. The van der Waals surface area contributed by atoms with Crippen molar-refractivity contribution in [1.82, 2.24) is 4.98 Å². The summed E-state index contributed by atoms with van der Waals surface area (Å²) in [5, 5.41) is 1.10. The van der Waals surface area contributed by atoms with Crippen LogP contribution in [0.2, 0.25) is 0 Å². The molecule has 1 aliphatic heterocycles. The molecule has 100 valence electrons. The van der Waals surface area contributed by atoms with E-state index in [1.165, 1.54) is 0 Å². The summed E-state index contributed by atoms with van der Waals surface area (Å²) in [7, 11) is 0. The van der Waals surface area contributed by atoms with Crippen LogP contribution < -0.4 is 10.5 Å². The summed E-state index contributed by atoms with van der Waals surface area (Å²) in [6, 6.07) is 9.95. The van der Waals surface area contributed by atoms with E-state index in [0.29, 0.717) is 24.9 Å². The van der Waals surface area contributed by atoms with Gasteiger partial charge in [0, 0.05) is 30.5 Å². The van der Waals surface area contributed by atoms with Crippen LogP contribution in [0.25, 0.3) is 10.9 Å². The van der Waals surface area contributed by atoms with Crippen LogP contribution in [-0.4, -0.2) is 24.8 Å². The first-order valence-electron chi connectivity index (χ1n) is 6.66. The quantitative estimate of drug-likeness (QED) is 0.912. The number of hydrogen-bond donors (Lipinski definition) is 1. The Morgan fingerprint density at radius 2 is 2.26 bits per heavy atom. The van der Waals surface area contributed by atoms with Crippen LogP contribution >= 0.6 is 0 Å². The summed E-state index contributed by atoms with van der Waals surface area (Å²) in [4.78, 5) is 4.53. The number of ether oxygens (including phenoxy) is 2. The van der Waals surface area contributed by atoms with E-state index in [-0.39, 0.29) is 0 Å². The van der Waals surface area contributed by atoms with E-state index in [0.717, 1.165) is 36.1 Å². The van der Waals surface area contributed by atoms with Gasteiger partial charge in [0.15, 0.2) is 0 Å². The third kappa shape index (κ3) is 2.69. The molecule has 4 heteroatoms. The molecule has 1 fully saturated rings. The van der Waals surface area contributed by atoms with Crippen molar-refractivity contribution in [3.05, 3.63) is 35.9 Å². The molecule has 19 heavy (non-hydrogen) atoms. The fraction of sp³-hybridized carbons (Fsp3) is 0.400. The molecule has 2 N–H and O–H groups in total. The summed E-state index contributed by atoms with van der Waals surface area (Å²) in [6.07, 6.45) is 1.07. The van der Waals surface area contributed by atoms with Crippen molar-refractivity contribution in [3.8, 4) is 5.88 Å². The predicted octanol–water partition coefficient (Wildman–Crippen LogP) is 2.11. The molecule has 0 spiro atoms. The lowest BCUT2D eigenvalue weighted by atomic mass is 10.1. The zero-order valence-electron chi connectivity index (χ0n) is 10.8. The second-order valence-electron chi connectivity index (χ2n) is 4.88. The minimum absolute atomic E-state index is 0.481. The third-order valence-corrected chi connectivity index (χ3v) is 3.49. The van der Waals surface area contributed by atoms with Crippen LogP contribution in [0.5, 0.6) is 5.88 Å². The van der Waals surface area contributed by atoms with Crippen LogP contribution in [0.15, 0.2) is 30.3 Å². The lowest BCUT2D eigenvalue weighted by molar-refractivity contribution is 0.165. The van der Waals surface area contributed by atoms with Gasteiger partial charge >= 0.3 is 0 Å². The monoisotopic (exact) mass is 258 g/mol.